The molecule has 2 atom stereocenters. The number of hydrogen-bond acceptors (Lipinski definition) is 6. The van der Waals surface area contributed by atoms with Gasteiger partial charge in [0.1, 0.15) is 23.4 Å². The second-order valence-corrected chi connectivity index (χ2v) is 12.0. The maximum Gasteiger partial charge on any atom is 0.408 e. The highest BCUT2D eigenvalue weighted by Crippen LogP contribution is 2.32. The van der Waals surface area contributed by atoms with Gasteiger partial charge in [-0.2, -0.15) is 0 Å². The van der Waals surface area contributed by atoms with Crippen LogP contribution in [0.15, 0.2) is 42.5 Å². The number of rotatable bonds is 10. The van der Waals surface area contributed by atoms with Crippen molar-refractivity contribution < 1.29 is 28.7 Å². The lowest BCUT2D eigenvalue weighted by Gasteiger charge is -2.43. The molecule has 0 saturated carbocycles. The average molecular weight is 569 g/mol. The van der Waals surface area contributed by atoms with E-state index in [1.54, 1.807) is 72.9 Å². The van der Waals surface area contributed by atoms with Crippen LogP contribution in [0, 0.1) is 13.8 Å². The van der Waals surface area contributed by atoms with Crippen molar-refractivity contribution in [2.75, 3.05) is 12.4 Å². The standard InChI is InChI=1S/C31H44N4O6/c1-19-10-11-21(18-20(19)2)26(27(37)33-22-12-14-23(40-9)15-13-22)35(30(3,4)5)28(38)24(16-17-25(32)36)34-29(39)41-31(6,7)8/h10-15,18,24,26H,16-17H2,1-9H3,(H2,32,36)(H,33,37)(H,34,39). The molecule has 0 saturated heterocycles. The molecule has 0 aliphatic heterocycles. The summed E-state index contributed by atoms with van der Waals surface area (Å²) in [5.74, 6) is -1.00. The molecule has 0 heterocycles. The van der Waals surface area contributed by atoms with Gasteiger partial charge in [0.05, 0.1) is 7.11 Å². The summed E-state index contributed by atoms with van der Waals surface area (Å²) < 4.78 is 10.6. The SMILES string of the molecule is COc1ccc(NC(=O)C(c2ccc(C)c(C)c2)N(C(=O)C(CCC(N)=O)NC(=O)OC(C)(C)C)C(C)(C)C)cc1. The molecule has 10 heteroatoms. The van der Waals surface area contributed by atoms with E-state index in [4.69, 9.17) is 15.2 Å². The van der Waals surface area contributed by atoms with Crippen molar-refractivity contribution in [2.24, 2.45) is 5.73 Å². The molecule has 10 nitrogen and oxygen atoms in total. The maximum atomic E-state index is 14.3. The summed E-state index contributed by atoms with van der Waals surface area (Å²) in [5.41, 5.74) is 6.77. The second-order valence-electron chi connectivity index (χ2n) is 12.0. The Bertz CT molecular complexity index is 1240. The minimum atomic E-state index is -1.18. The average Bonchev–Trinajstić information content (AvgIpc) is 2.84. The van der Waals surface area contributed by atoms with Crippen molar-refractivity contribution in [1.29, 1.82) is 0 Å². The maximum absolute atomic E-state index is 14.3. The van der Waals surface area contributed by atoms with Gasteiger partial charge >= 0.3 is 6.09 Å². The van der Waals surface area contributed by atoms with E-state index < -0.39 is 47.0 Å². The number of carbonyl (C=O) groups is 4. The Morgan fingerprint density at radius 2 is 1.54 bits per heavy atom. The molecule has 2 rings (SSSR count). The zero-order valence-electron chi connectivity index (χ0n) is 25.6. The predicted octanol–water partition coefficient (Wildman–Crippen LogP) is 4.78. The first-order valence-corrected chi connectivity index (χ1v) is 13.6. The van der Waals surface area contributed by atoms with E-state index in [9.17, 15) is 19.2 Å². The van der Waals surface area contributed by atoms with Gasteiger partial charge < -0.3 is 30.7 Å². The topological polar surface area (TPSA) is 140 Å². The summed E-state index contributed by atoms with van der Waals surface area (Å²) >= 11 is 0. The number of amides is 4. The monoisotopic (exact) mass is 568 g/mol. The van der Waals surface area contributed by atoms with Crippen LogP contribution in [0.1, 0.15) is 77.1 Å². The first kappa shape index (κ1) is 33.1. The van der Waals surface area contributed by atoms with Crippen LogP contribution in [0.3, 0.4) is 0 Å². The molecule has 2 unspecified atom stereocenters. The van der Waals surface area contributed by atoms with Gasteiger partial charge in [0.2, 0.25) is 11.8 Å². The third-order valence-corrected chi connectivity index (χ3v) is 6.34. The molecule has 41 heavy (non-hydrogen) atoms. The molecular weight excluding hydrogens is 524 g/mol. The molecule has 224 valence electrons. The van der Waals surface area contributed by atoms with Crippen molar-refractivity contribution in [3.63, 3.8) is 0 Å². The molecule has 0 aliphatic carbocycles. The van der Waals surface area contributed by atoms with Gasteiger partial charge in [-0.3, -0.25) is 14.4 Å². The van der Waals surface area contributed by atoms with Gasteiger partial charge in [-0.15, -0.1) is 0 Å². The highest BCUT2D eigenvalue weighted by Gasteiger charge is 2.42. The lowest BCUT2D eigenvalue weighted by molar-refractivity contribution is -0.147. The van der Waals surface area contributed by atoms with Gasteiger partial charge in [0, 0.05) is 17.6 Å². The van der Waals surface area contributed by atoms with Crippen molar-refractivity contribution in [1.82, 2.24) is 10.2 Å². The van der Waals surface area contributed by atoms with E-state index in [-0.39, 0.29) is 12.8 Å². The largest absolute Gasteiger partial charge is 0.497 e. The van der Waals surface area contributed by atoms with Gasteiger partial charge in [0.15, 0.2) is 0 Å². The Morgan fingerprint density at radius 1 is 0.927 bits per heavy atom. The molecule has 0 spiro atoms. The minimum absolute atomic E-state index is 0.0697. The lowest BCUT2D eigenvalue weighted by atomic mass is 9.93. The molecule has 4 amide bonds. The lowest BCUT2D eigenvalue weighted by Crippen LogP contribution is -2.58. The number of nitrogens with one attached hydrogen (secondary N) is 2. The number of ether oxygens (including phenoxy) is 2. The van der Waals surface area contributed by atoms with Crippen LogP contribution in [0.25, 0.3) is 0 Å². The Morgan fingerprint density at radius 3 is 2.02 bits per heavy atom. The Kier molecular flexibility index (Phi) is 10.9. The zero-order chi connectivity index (χ0) is 31.1. The van der Waals surface area contributed by atoms with Gasteiger partial charge in [-0.05, 0) is 103 Å². The van der Waals surface area contributed by atoms with E-state index in [1.807, 2.05) is 32.0 Å². The highest BCUT2D eigenvalue weighted by molar-refractivity contribution is 5.99. The van der Waals surface area contributed by atoms with Gasteiger partial charge in [0.25, 0.3) is 5.91 Å². The van der Waals surface area contributed by atoms with Crippen LogP contribution in [0.4, 0.5) is 10.5 Å². The fraction of sp³-hybridized carbons (Fsp3) is 0.484. The molecule has 0 fully saturated rings. The second kappa shape index (κ2) is 13.5. The van der Waals surface area contributed by atoms with Gasteiger partial charge in [-0.1, -0.05) is 18.2 Å². The van der Waals surface area contributed by atoms with E-state index >= 15 is 0 Å². The van der Waals surface area contributed by atoms with Gasteiger partial charge in [-0.25, -0.2) is 4.79 Å². The summed E-state index contributed by atoms with van der Waals surface area (Å²) in [7, 11) is 1.55. The first-order chi connectivity index (χ1) is 18.9. The molecule has 2 aromatic carbocycles. The number of methoxy groups -OCH3 is 1. The fourth-order valence-electron chi connectivity index (χ4n) is 4.24. The van der Waals surface area contributed by atoms with Crippen LogP contribution >= 0.6 is 0 Å². The van der Waals surface area contributed by atoms with E-state index in [0.29, 0.717) is 17.0 Å². The molecular formula is C31H44N4O6. The Hall–Kier alpha value is -4.08. The predicted molar refractivity (Wildman–Crippen MR) is 158 cm³/mol. The third-order valence-electron chi connectivity index (χ3n) is 6.34. The van der Waals surface area contributed by atoms with Crippen molar-refractivity contribution >= 4 is 29.5 Å². The van der Waals surface area contributed by atoms with E-state index in [2.05, 4.69) is 10.6 Å². The zero-order valence-corrected chi connectivity index (χ0v) is 25.6. The van der Waals surface area contributed by atoms with Crippen LogP contribution in [-0.2, 0) is 19.1 Å². The van der Waals surface area contributed by atoms with Crippen molar-refractivity contribution in [2.45, 2.75) is 91.5 Å². The summed E-state index contributed by atoms with van der Waals surface area (Å²) in [6, 6.07) is 10.2. The number of anilines is 1. The highest BCUT2D eigenvalue weighted by atomic mass is 16.6. The molecule has 0 aromatic heterocycles. The van der Waals surface area contributed by atoms with E-state index in [0.717, 1.165) is 11.1 Å². The Balaban J connectivity index is 2.61. The molecule has 0 aliphatic rings. The molecule has 4 N–H and O–H groups in total. The number of primary amides is 1. The Labute approximate surface area is 242 Å². The molecule has 0 radical (unpaired) electrons. The quantitative estimate of drug-likeness (QED) is 0.377. The summed E-state index contributed by atoms with van der Waals surface area (Å²) in [6.07, 6.45) is -1.05. The van der Waals surface area contributed by atoms with Crippen molar-refractivity contribution in [3.05, 3.63) is 59.2 Å². The van der Waals surface area contributed by atoms with Crippen molar-refractivity contribution in [3.8, 4) is 5.75 Å². The smallest absolute Gasteiger partial charge is 0.408 e. The first-order valence-electron chi connectivity index (χ1n) is 13.6. The van der Waals surface area contributed by atoms with Crippen LogP contribution in [-0.4, -0.2) is 53.0 Å². The number of alkyl carbamates (subject to hydrolysis) is 1. The van der Waals surface area contributed by atoms with Crippen LogP contribution in [0.2, 0.25) is 0 Å². The minimum Gasteiger partial charge on any atom is -0.497 e. The number of hydrogen-bond donors (Lipinski definition) is 3. The number of nitrogens with zero attached hydrogens (tertiary/aromatic N) is 1. The summed E-state index contributed by atoms with van der Waals surface area (Å²) in [6.45, 7) is 14.4. The summed E-state index contributed by atoms with van der Waals surface area (Å²) in [5, 5.41) is 5.52. The number of nitrogens with two attached hydrogens (primary N) is 1. The van der Waals surface area contributed by atoms with Crippen LogP contribution < -0.4 is 21.1 Å². The summed E-state index contributed by atoms with van der Waals surface area (Å²) in [4.78, 5) is 54.2. The molecule has 2 aromatic rings. The third kappa shape index (κ3) is 9.81. The molecule has 0 bridgehead atoms. The fourth-order valence-corrected chi connectivity index (χ4v) is 4.24. The van der Waals surface area contributed by atoms with Crippen LogP contribution in [0.5, 0.6) is 5.75 Å². The normalized spacial score (nSPS) is 13.0. The number of aryl methyl sites for hydroxylation is 2. The number of carbonyl (C=O) groups excluding carboxylic acids is 4. The van der Waals surface area contributed by atoms with E-state index in [1.165, 1.54) is 4.90 Å². The number of benzene rings is 2.